The monoisotopic (exact) mass is 842 g/mol. The first-order valence-electron chi connectivity index (χ1n) is 21.1. The highest BCUT2D eigenvalue weighted by atomic mass is 16.7. The van der Waals surface area contributed by atoms with Gasteiger partial charge in [0.2, 0.25) is 5.91 Å². The maximum atomic E-state index is 12.6. The number of nitrogens with one attached hydrogen (secondary N) is 1. The van der Waals surface area contributed by atoms with Crippen molar-refractivity contribution in [2.45, 2.75) is 208 Å². The van der Waals surface area contributed by atoms with Crippen molar-refractivity contribution < 1.29 is 74.5 Å². The summed E-state index contributed by atoms with van der Waals surface area (Å²) in [5.41, 5.74) is 23.1. The molecule has 342 valence electrons. The molecule has 0 aromatic carbocycles. The molecule has 0 aromatic heterocycles. The molecular weight excluding hydrogens is 766 g/mol. The lowest BCUT2D eigenvalue weighted by atomic mass is 9.83. The molecule has 18 N–H and O–H groups in total. The van der Waals surface area contributed by atoms with E-state index in [0.717, 1.165) is 12.8 Å². The smallest absolute Gasteiger partial charge is 0.303 e. The molecule has 2 unspecified atom stereocenters. The largest absolute Gasteiger partial charge is 0.481 e. The molecule has 0 spiro atoms. The average Bonchev–Trinajstić information content (AvgIpc) is 3.19. The number of unbranched alkanes of at least 4 members (excludes halogenated alkanes) is 12. The van der Waals surface area contributed by atoms with Crippen molar-refractivity contribution in [3.63, 3.8) is 0 Å². The molecule has 16 atom stereocenters. The van der Waals surface area contributed by atoms with E-state index in [1.54, 1.807) is 0 Å². The minimum absolute atomic E-state index is 0.0101. The van der Waals surface area contributed by atoms with Crippen molar-refractivity contribution in [3.8, 4) is 0 Å². The lowest BCUT2D eigenvalue weighted by molar-refractivity contribution is -0.332. The quantitative estimate of drug-likeness (QED) is 0.0434. The summed E-state index contributed by atoms with van der Waals surface area (Å²) in [7, 11) is 0. The lowest BCUT2D eigenvalue weighted by Gasteiger charge is -2.49. The van der Waals surface area contributed by atoms with Crippen LogP contribution in [0.15, 0.2) is 0 Å². The summed E-state index contributed by atoms with van der Waals surface area (Å²) in [5, 5.41) is 93.3. The Morgan fingerprint density at radius 1 is 0.707 bits per heavy atom. The molecule has 20 heteroatoms. The fourth-order valence-corrected chi connectivity index (χ4v) is 7.36. The second-order valence-electron chi connectivity index (χ2n) is 15.7. The minimum Gasteiger partial charge on any atom is -0.481 e. The summed E-state index contributed by atoms with van der Waals surface area (Å²) in [6, 6.07) is -3.45. The van der Waals surface area contributed by atoms with Gasteiger partial charge < -0.3 is 93.2 Å². The van der Waals surface area contributed by atoms with Gasteiger partial charge in [-0.3, -0.25) is 9.59 Å². The maximum absolute atomic E-state index is 12.6. The highest BCUT2D eigenvalue weighted by Gasteiger charge is 2.52. The van der Waals surface area contributed by atoms with Gasteiger partial charge in [0.25, 0.3) is 0 Å². The molecule has 2 aliphatic heterocycles. The predicted octanol–water partition coefficient (Wildman–Crippen LogP) is -2.87. The van der Waals surface area contributed by atoms with E-state index >= 15 is 0 Å². The predicted molar refractivity (Wildman–Crippen MR) is 209 cm³/mol. The molecule has 1 amide bonds. The van der Waals surface area contributed by atoms with Gasteiger partial charge in [0.1, 0.15) is 67.1 Å². The summed E-state index contributed by atoms with van der Waals surface area (Å²) >= 11 is 0. The minimum atomic E-state index is -1.76. The number of hydrogen-bond acceptors (Lipinski definition) is 18. The number of ether oxygens (including phenoxy) is 4. The second-order valence-corrected chi connectivity index (χ2v) is 15.7. The van der Waals surface area contributed by atoms with Crippen LogP contribution in [-0.4, -0.2) is 175 Å². The number of carbonyl (C=O) groups excluding carboxylic acids is 1. The third-order valence-electron chi connectivity index (χ3n) is 11.0. The molecule has 0 radical (unpaired) electrons. The van der Waals surface area contributed by atoms with Crippen LogP contribution in [0.3, 0.4) is 0 Å². The van der Waals surface area contributed by atoms with E-state index in [2.05, 4.69) is 12.2 Å². The first kappa shape index (κ1) is 52.4. The fourth-order valence-electron chi connectivity index (χ4n) is 7.36. The molecule has 3 aliphatic rings. The van der Waals surface area contributed by atoms with Crippen molar-refractivity contribution in [3.05, 3.63) is 0 Å². The first-order valence-corrected chi connectivity index (χ1v) is 21.1. The Bertz CT molecular complexity index is 1130. The van der Waals surface area contributed by atoms with Crippen molar-refractivity contribution in [1.82, 2.24) is 5.32 Å². The molecule has 20 nitrogen and oxygen atoms in total. The number of aliphatic hydroxyl groups is 8. The van der Waals surface area contributed by atoms with Crippen molar-refractivity contribution >= 4 is 11.9 Å². The topological polar surface area (TPSA) is 369 Å². The Balaban J connectivity index is 0.000000542. The summed E-state index contributed by atoms with van der Waals surface area (Å²) in [6.07, 6.45) is -2.55. The highest BCUT2D eigenvalue weighted by molar-refractivity contribution is 5.80. The van der Waals surface area contributed by atoms with E-state index < -0.39 is 116 Å². The van der Waals surface area contributed by atoms with E-state index in [0.29, 0.717) is 6.42 Å². The molecule has 58 heavy (non-hydrogen) atoms. The fraction of sp³-hybridized carbons (Fsp3) is 0.947. The Morgan fingerprint density at radius 2 is 1.22 bits per heavy atom. The molecule has 2 saturated heterocycles. The number of carboxylic acids is 1. The molecule has 1 saturated carbocycles. The van der Waals surface area contributed by atoms with Gasteiger partial charge in [-0.1, -0.05) is 84.0 Å². The van der Waals surface area contributed by atoms with Crippen LogP contribution in [0.25, 0.3) is 0 Å². The van der Waals surface area contributed by atoms with Crippen molar-refractivity contribution in [1.29, 1.82) is 0 Å². The zero-order chi connectivity index (χ0) is 43.4. The van der Waals surface area contributed by atoms with Gasteiger partial charge in [-0.15, -0.1) is 0 Å². The maximum Gasteiger partial charge on any atom is 0.303 e. The molecule has 1 aliphatic carbocycles. The number of nitrogens with two attached hydrogens (primary N) is 4. The van der Waals surface area contributed by atoms with Crippen LogP contribution in [0.5, 0.6) is 0 Å². The zero-order valence-electron chi connectivity index (χ0n) is 34.0. The van der Waals surface area contributed by atoms with Crippen LogP contribution in [0.2, 0.25) is 0 Å². The normalized spacial score (nSPS) is 35.8. The number of aliphatic carboxylic acids is 1. The summed E-state index contributed by atoms with van der Waals surface area (Å²) in [5.74, 6) is -1.50. The van der Waals surface area contributed by atoms with Crippen LogP contribution in [-0.2, 0) is 28.5 Å². The Hall–Kier alpha value is -1.70. The molecule has 2 heterocycles. The standard InChI is InChI=1S/C22H43N5O13.C16H32O2/c23-2-1-8(29)20(36)27-7-3-6(25)18(39-22-16(34)15(33)13(31)9(4-24)37-22)17(35)19(7)40-21-14(32)11(26)12(30)10(5-28)38-21;1-2-3-4-5-6-7-8-9-10-11-12-13-14-15-16(17)18/h6-19,21-22,28-35H,1-5,23-26H2,(H,27,36);2-15H2,1H3,(H,17,18)/t6-,7+,8-,9+,10+,11-,12+,13+,14+,15-,16+,17-,18+,19-,21?,22?;/m0./s1. The van der Waals surface area contributed by atoms with Gasteiger partial charge in [0.05, 0.1) is 18.7 Å². The number of hydrogen-bond donors (Lipinski definition) is 14. The van der Waals surface area contributed by atoms with Gasteiger partial charge in [-0.25, -0.2) is 0 Å². The van der Waals surface area contributed by atoms with E-state index in [-0.39, 0.29) is 25.9 Å². The third-order valence-corrected chi connectivity index (χ3v) is 11.0. The average molecular weight is 842 g/mol. The number of aliphatic hydroxyl groups excluding tert-OH is 8. The highest BCUT2D eigenvalue weighted by Crippen LogP contribution is 2.32. The lowest BCUT2D eigenvalue weighted by Crippen LogP contribution is -2.69. The number of carbonyl (C=O) groups is 2. The van der Waals surface area contributed by atoms with Crippen LogP contribution >= 0.6 is 0 Å². The van der Waals surface area contributed by atoms with E-state index in [1.807, 2.05) is 0 Å². The van der Waals surface area contributed by atoms with Crippen molar-refractivity contribution in [2.75, 3.05) is 19.7 Å². The van der Waals surface area contributed by atoms with Crippen LogP contribution in [0, 0.1) is 0 Å². The number of carboxylic acid groups (broad SMARTS) is 1. The molecule has 3 rings (SSSR count). The molecule has 0 aromatic rings. The van der Waals surface area contributed by atoms with Crippen molar-refractivity contribution in [2.24, 2.45) is 22.9 Å². The summed E-state index contributed by atoms with van der Waals surface area (Å²) in [6.45, 7) is 1.36. The van der Waals surface area contributed by atoms with Crippen LogP contribution < -0.4 is 28.3 Å². The summed E-state index contributed by atoms with van der Waals surface area (Å²) < 4.78 is 22.5. The van der Waals surface area contributed by atoms with Gasteiger partial charge in [0, 0.05) is 19.0 Å². The number of amides is 1. The number of rotatable bonds is 24. The Morgan fingerprint density at radius 3 is 1.74 bits per heavy atom. The second kappa shape index (κ2) is 28.0. The molecular formula is C38H75N5O15. The molecule has 3 fully saturated rings. The molecule has 0 bridgehead atoms. The van der Waals surface area contributed by atoms with Crippen LogP contribution in [0.4, 0.5) is 0 Å². The van der Waals surface area contributed by atoms with Crippen LogP contribution in [0.1, 0.15) is 110 Å². The Kier molecular flexibility index (Phi) is 25.3. The summed E-state index contributed by atoms with van der Waals surface area (Å²) in [4.78, 5) is 22.9. The Labute approximate surface area is 341 Å². The van der Waals surface area contributed by atoms with E-state index in [4.69, 9.17) is 47.0 Å². The zero-order valence-corrected chi connectivity index (χ0v) is 34.0. The third kappa shape index (κ3) is 16.6. The SMILES string of the molecule is CCCCCCCCCCCCCCCC(=O)O.NCC[C@H](O)C(=O)N[C@@H]1C[C@H](N)[C@@H](OC2O[C@H](CN)[C@@H](O)[C@H](O)[C@H]2O)[C@H](O)[C@H]1OC1O[C@H](CO)[C@@H](O)[C@H](N)[C@H]1O. The van der Waals surface area contributed by atoms with Gasteiger partial charge >= 0.3 is 5.97 Å². The first-order chi connectivity index (χ1) is 27.6. The van der Waals surface area contributed by atoms with Gasteiger partial charge in [-0.2, -0.15) is 0 Å². The van der Waals surface area contributed by atoms with Gasteiger partial charge in [0.15, 0.2) is 12.6 Å². The van der Waals surface area contributed by atoms with E-state index in [9.17, 15) is 50.4 Å². The van der Waals surface area contributed by atoms with E-state index in [1.165, 1.54) is 70.6 Å². The van der Waals surface area contributed by atoms with Gasteiger partial charge in [-0.05, 0) is 25.8 Å².